The number of benzene rings is 1. The number of rotatable bonds is 2. The fourth-order valence-electron chi connectivity index (χ4n) is 3.54. The van der Waals surface area contributed by atoms with Crippen LogP contribution in [0.4, 0.5) is 0 Å². The number of carboxylic acid groups (broad SMARTS) is 1. The standard InChI is InChI=1S/C13H13BrO2/c14-10-3-1-9(2-4-10)13-6-8(7-13)5-11(13)12(15)16/h1-4,8,11H,5-7H2,(H,15,16). The highest BCUT2D eigenvalue weighted by Gasteiger charge is 2.60. The van der Waals surface area contributed by atoms with Crippen molar-refractivity contribution in [1.29, 1.82) is 0 Å². The maximum Gasteiger partial charge on any atom is 0.307 e. The number of hydrogen-bond acceptors (Lipinski definition) is 1. The van der Waals surface area contributed by atoms with Crippen molar-refractivity contribution in [3.05, 3.63) is 34.3 Å². The van der Waals surface area contributed by atoms with Crippen LogP contribution in [0.5, 0.6) is 0 Å². The van der Waals surface area contributed by atoms with Crippen molar-refractivity contribution in [1.82, 2.24) is 0 Å². The lowest BCUT2D eigenvalue weighted by atomic mass is 9.62. The summed E-state index contributed by atoms with van der Waals surface area (Å²) in [6, 6.07) is 8.16. The summed E-state index contributed by atoms with van der Waals surface area (Å²) in [5, 5.41) is 9.28. The zero-order valence-corrected chi connectivity index (χ0v) is 10.4. The SMILES string of the molecule is O=C(O)C1CC2CC1(c1ccc(Br)cc1)C2. The minimum atomic E-state index is -0.622. The molecule has 0 aliphatic heterocycles. The van der Waals surface area contributed by atoms with Gasteiger partial charge >= 0.3 is 5.97 Å². The van der Waals surface area contributed by atoms with Gasteiger partial charge < -0.3 is 5.11 Å². The van der Waals surface area contributed by atoms with E-state index >= 15 is 0 Å². The molecule has 3 aliphatic carbocycles. The van der Waals surface area contributed by atoms with Gasteiger partial charge in [-0.3, -0.25) is 4.79 Å². The van der Waals surface area contributed by atoms with Crippen LogP contribution in [0, 0.1) is 11.8 Å². The third-order valence-electron chi connectivity index (χ3n) is 4.26. The predicted octanol–water partition coefficient (Wildman–Crippen LogP) is 3.20. The van der Waals surface area contributed by atoms with Gasteiger partial charge in [-0.05, 0) is 42.9 Å². The normalized spacial score (nSPS) is 35.8. The Morgan fingerprint density at radius 1 is 1.31 bits per heavy atom. The number of carboxylic acids is 1. The van der Waals surface area contributed by atoms with Crippen LogP contribution in [0.2, 0.25) is 0 Å². The topological polar surface area (TPSA) is 37.3 Å². The molecule has 1 aromatic rings. The monoisotopic (exact) mass is 280 g/mol. The van der Waals surface area contributed by atoms with Gasteiger partial charge in [-0.25, -0.2) is 0 Å². The van der Waals surface area contributed by atoms with Gasteiger partial charge in [0.25, 0.3) is 0 Å². The molecule has 1 unspecified atom stereocenters. The van der Waals surface area contributed by atoms with Crippen LogP contribution in [0.3, 0.4) is 0 Å². The number of halogens is 1. The maximum atomic E-state index is 11.3. The highest BCUT2D eigenvalue weighted by Crippen LogP contribution is 2.63. The molecule has 2 nitrogen and oxygen atoms in total. The Balaban J connectivity index is 1.99. The second-order valence-electron chi connectivity index (χ2n) is 5.06. The molecule has 3 aliphatic rings. The Hall–Kier alpha value is -0.830. The molecule has 3 heteroatoms. The second-order valence-corrected chi connectivity index (χ2v) is 5.98. The van der Waals surface area contributed by atoms with Crippen molar-refractivity contribution < 1.29 is 9.90 Å². The lowest BCUT2D eigenvalue weighted by Gasteiger charge is -2.41. The summed E-state index contributed by atoms with van der Waals surface area (Å²) in [4.78, 5) is 11.3. The zero-order chi connectivity index (χ0) is 11.3. The van der Waals surface area contributed by atoms with Crippen LogP contribution < -0.4 is 0 Å². The average Bonchev–Trinajstić information content (AvgIpc) is 2.73. The first-order valence-corrected chi connectivity index (χ1v) is 6.40. The number of carbonyl (C=O) groups is 1. The van der Waals surface area contributed by atoms with Crippen LogP contribution in [0.25, 0.3) is 0 Å². The molecule has 2 bridgehead atoms. The highest BCUT2D eigenvalue weighted by molar-refractivity contribution is 9.10. The van der Waals surface area contributed by atoms with Gasteiger partial charge in [0, 0.05) is 9.89 Å². The highest BCUT2D eigenvalue weighted by atomic mass is 79.9. The van der Waals surface area contributed by atoms with Crippen LogP contribution in [0.1, 0.15) is 24.8 Å². The molecule has 1 aromatic carbocycles. The molecule has 16 heavy (non-hydrogen) atoms. The van der Waals surface area contributed by atoms with E-state index in [1.165, 1.54) is 5.56 Å². The van der Waals surface area contributed by atoms with Crippen molar-refractivity contribution in [3.63, 3.8) is 0 Å². The summed E-state index contributed by atoms with van der Waals surface area (Å²) < 4.78 is 1.05. The summed E-state index contributed by atoms with van der Waals surface area (Å²) in [6.45, 7) is 0. The Kier molecular flexibility index (Phi) is 2.15. The molecule has 0 spiro atoms. The third kappa shape index (κ3) is 1.27. The van der Waals surface area contributed by atoms with E-state index in [2.05, 4.69) is 28.1 Å². The Morgan fingerprint density at radius 3 is 2.50 bits per heavy atom. The fourth-order valence-corrected chi connectivity index (χ4v) is 3.80. The van der Waals surface area contributed by atoms with Gasteiger partial charge in [-0.15, -0.1) is 0 Å². The van der Waals surface area contributed by atoms with E-state index in [0.29, 0.717) is 5.92 Å². The molecule has 1 N–H and O–H groups in total. The molecule has 4 rings (SSSR count). The second kappa shape index (κ2) is 3.33. The largest absolute Gasteiger partial charge is 0.481 e. The molecule has 1 atom stereocenters. The molecule has 84 valence electrons. The zero-order valence-electron chi connectivity index (χ0n) is 8.82. The van der Waals surface area contributed by atoms with Crippen molar-refractivity contribution in [2.45, 2.75) is 24.7 Å². The summed E-state index contributed by atoms with van der Waals surface area (Å²) in [5.41, 5.74) is 1.15. The van der Waals surface area contributed by atoms with Crippen molar-refractivity contribution in [2.24, 2.45) is 11.8 Å². The summed E-state index contributed by atoms with van der Waals surface area (Å²) in [5.74, 6) is -0.147. The van der Waals surface area contributed by atoms with E-state index < -0.39 is 5.97 Å². The molecule has 3 fully saturated rings. The minimum absolute atomic E-state index is 0.0583. The van der Waals surface area contributed by atoms with E-state index in [1.54, 1.807) is 0 Å². The van der Waals surface area contributed by atoms with Gasteiger partial charge in [0.05, 0.1) is 5.92 Å². The molecule has 0 aromatic heterocycles. The van der Waals surface area contributed by atoms with Crippen molar-refractivity contribution in [3.8, 4) is 0 Å². The van der Waals surface area contributed by atoms with Gasteiger partial charge in [-0.1, -0.05) is 28.1 Å². The first-order chi connectivity index (χ1) is 7.62. The van der Waals surface area contributed by atoms with Crippen molar-refractivity contribution in [2.75, 3.05) is 0 Å². The molecule has 0 saturated heterocycles. The van der Waals surface area contributed by atoms with E-state index in [4.69, 9.17) is 0 Å². The van der Waals surface area contributed by atoms with Gasteiger partial charge in [0.1, 0.15) is 0 Å². The molecule has 3 saturated carbocycles. The summed E-state index contributed by atoms with van der Waals surface area (Å²) >= 11 is 3.41. The Bertz CT molecular complexity index is 432. The van der Waals surface area contributed by atoms with E-state index in [9.17, 15) is 9.90 Å². The maximum absolute atomic E-state index is 11.3. The van der Waals surface area contributed by atoms with Crippen molar-refractivity contribution >= 4 is 21.9 Å². The van der Waals surface area contributed by atoms with Gasteiger partial charge in [0.2, 0.25) is 0 Å². The summed E-state index contributed by atoms with van der Waals surface area (Å²) in [6.07, 6.45) is 2.99. The van der Waals surface area contributed by atoms with Crippen LogP contribution >= 0.6 is 15.9 Å². The average molecular weight is 281 g/mol. The van der Waals surface area contributed by atoms with E-state index in [-0.39, 0.29) is 11.3 Å². The fraction of sp³-hybridized carbons (Fsp3) is 0.462. The predicted molar refractivity (Wildman–Crippen MR) is 64.3 cm³/mol. The lowest BCUT2D eigenvalue weighted by Crippen LogP contribution is -2.39. The molecular formula is C13H13BrO2. The van der Waals surface area contributed by atoms with Crippen LogP contribution in [0.15, 0.2) is 28.7 Å². The number of fused-ring (bicyclic) bond motifs is 1. The number of hydrogen-bond donors (Lipinski definition) is 1. The molecule has 0 heterocycles. The first-order valence-electron chi connectivity index (χ1n) is 5.61. The lowest BCUT2D eigenvalue weighted by molar-refractivity contribution is -0.143. The quantitative estimate of drug-likeness (QED) is 0.903. The molecule has 0 amide bonds. The Morgan fingerprint density at radius 2 is 1.94 bits per heavy atom. The van der Waals surface area contributed by atoms with E-state index in [0.717, 1.165) is 23.7 Å². The van der Waals surface area contributed by atoms with Crippen LogP contribution in [-0.2, 0) is 10.2 Å². The number of aliphatic carboxylic acids is 1. The van der Waals surface area contributed by atoms with Gasteiger partial charge in [0.15, 0.2) is 0 Å². The molecular weight excluding hydrogens is 268 g/mol. The van der Waals surface area contributed by atoms with Gasteiger partial charge in [-0.2, -0.15) is 0 Å². The third-order valence-corrected chi connectivity index (χ3v) is 4.79. The first kappa shape index (κ1) is 10.3. The van der Waals surface area contributed by atoms with E-state index in [1.807, 2.05) is 12.1 Å². The molecule has 0 radical (unpaired) electrons. The summed E-state index contributed by atoms with van der Waals surface area (Å²) in [7, 11) is 0. The minimum Gasteiger partial charge on any atom is -0.481 e. The van der Waals surface area contributed by atoms with Crippen LogP contribution in [-0.4, -0.2) is 11.1 Å². The smallest absolute Gasteiger partial charge is 0.307 e. The Labute approximate surface area is 103 Å².